The van der Waals surface area contributed by atoms with Crippen LogP contribution in [0, 0.1) is 17.6 Å². The molecule has 1 saturated heterocycles. The molecule has 218 valence electrons. The molecule has 14 heteroatoms. The van der Waals surface area contributed by atoms with E-state index in [1.165, 1.54) is 12.4 Å². The van der Waals surface area contributed by atoms with E-state index in [-0.39, 0.29) is 41.8 Å². The summed E-state index contributed by atoms with van der Waals surface area (Å²) in [5, 5.41) is 16.3. The molecule has 5 rings (SSSR count). The number of benzene rings is 1. The molecule has 41 heavy (non-hydrogen) atoms. The second-order valence-corrected chi connectivity index (χ2v) is 10.9. The van der Waals surface area contributed by atoms with Crippen LogP contribution in [0.1, 0.15) is 38.8 Å². The number of aliphatic hydroxyl groups is 1. The number of nitrogens with one attached hydrogen (secondary N) is 1. The smallest absolute Gasteiger partial charge is 0.242 e. The highest BCUT2D eigenvalue weighted by molar-refractivity contribution is 5.93. The van der Waals surface area contributed by atoms with Crippen molar-refractivity contribution in [2.45, 2.75) is 58.3 Å². The van der Waals surface area contributed by atoms with Crippen LogP contribution in [-0.4, -0.2) is 82.7 Å². The van der Waals surface area contributed by atoms with Crippen molar-refractivity contribution < 1.29 is 28.2 Å². The Morgan fingerprint density at radius 3 is 2.68 bits per heavy atom. The maximum atomic E-state index is 13.8. The van der Waals surface area contributed by atoms with E-state index in [4.69, 9.17) is 4.74 Å². The fourth-order valence-corrected chi connectivity index (χ4v) is 5.29. The summed E-state index contributed by atoms with van der Waals surface area (Å²) in [4.78, 5) is 43.0. The summed E-state index contributed by atoms with van der Waals surface area (Å²) >= 11 is 0. The van der Waals surface area contributed by atoms with Crippen LogP contribution in [0.15, 0.2) is 30.6 Å². The largest absolute Gasteiger partial charge is 0.434 e. The lowest BCUT2D eigenvalue weighted by Crippen LogP contribution is -2.64. The van der Waals surface area contributed by atoms with Gasteiger partial charge in [-0.05, 0) is 39.3 Å². The Morgan fingerprint density at radius 2 is 2.00 bits per heavy atom. The summed E-state index contributed by atoms with van der Waals surface area (Å²) in [5.74, 6) is -0.989. The molecular weight excluding hydrogens is 538 g/mol. The third-order valence-electron chi connectivity index (χ3n) is 7.51. The molecule has 1 fully saturated rings. The Hall–Kier alpha value is -4.04. The zero-order valence-corrected chi connectivity index (χ0v) is 23.0. The van der Waals surface area contributed by atoms with Gasteiger partial charge in [-0.3, -0.25) is 14.5 Å². The van der Waals surface area contributed by atoms with Crippen LogP contribution in [0.5, 0.6) is 11.6 Å². The van der Waals surface area contributed by atoms with E-state index in [0.717, 1.165) is 12.1 Å². The number of fused-ring (bicyclic) bond motifs is 1. The minimum absolute atomic E-state index is 0.0175. The summed E-state index contributed by atoms with van der Waals surface area (Å²) < 4.78 is 34.0. The maximum Gasteiger partial charge on any atom is 0.242 e. The van der Waals surface area contributed by atoms with Gasteiger partial charge in [-0.25, -0.2) is 28.4 Å². The number of amides is 2. The Kier molecular flexibility index (Phi) is 7.95. The fourth-order valence-electron chi connectivity index (χ4n) is 5.29. The zero-order valence-electron chi connectivity index (χ0n) is 23.0. The average molecular weight is 571 g/mol. The van der Waals surface area contributed by atoms with Crippen molar-refractivity contribution in [3.8, 4) is 11.6 Å². The molecule has 4 heterocycles. The molecule has 12 nitrogen and oxygen atoms in total. The van der Waals surface area contributed by atoms with Crippen molar-refractivity contribution in [2.75, 3.05) is 25.0 Å². The van der Waals surface area contributed by atoms with Gasteiger partial charge in [0.15, 0.2) is 23.2 Å². The van der Waals surface area contributed by atoms with E-state index in [9.17, 15) is 23.5 Å². The minimum atomic E-state index is -0.873. The molecule has 2 aliphatic rings. The van der Waals surface area contributed by atoms with E-state index in [2.05, 4.69) is 25.4 Å². The number of ether oxygens (including phenoxy) is 1. The number of aliphatic hydroxyl groups excluding tert-OH is 1. The first kappa shape index (κ1) is 28.5. The van der Waals surface area contributed by atoms with Gasteiger partial charge in [-0.1, -0.05) is 0 Å². The molecule has 3 aromatic rings. The second-order valence-electron chi connectivity index (χ2n) is 10.9. The number of piperazine rings is 1. The van der Waals surface area contributed by atoms with Gasteiger partial charge in [-0.15, -0.1) is 0 Å². The molecule has 2 atom stereocenters. The van der Waals surface area contributed by atoms with Gasteiger partial charge >= 0.3 is 0 Å². The van der Waals surface area contributed by atoms with Crippen LogP contribution >= 0.6 is 0 Å². The summed E-state index contributed by atoms with van der Waals surface area (Å²) in [7, 11) is 0. The number of aromatic nitrogens is 5. The molecule has 0 bridgehead atoms. The van der Waals surface area contributed by atoms with E-state index >= 15 is 0 Å². The number of hydrogen-bond donors (Lipinski definition) is 2. The van der Waals surface area contributed by atoms with Gasteiger partial charge in [-0.2, -0.15) is 5.10 Å². The predicted octanol–water partition coefficient (Wildman–Crippen LogP) is 2.14. The van der Waals surface area contributed by atoms with E-state index < -0.39 is 23.2 Å². The van der Waals surface area contributed by atoms with Crippen molar-refractivity contribution in [3.05, 3.63) is 53.9 Å². The predicted molar refractivity (Wildman–Crippen MR) is 142 cm³/mol. The summed E-state index contributed by atoms with van der Waals surface area (Å²) in [5.41, 5.74) is -0.514. The number of hydrogen-bond acceptors (Lipinski definition) is 9. The first-order valence-corrected chi connectivity index (χ1v) is 13.4. The van der Waals surface area contributed by atoms with Crippen LogP contribution in [0.2, 0.25) is 0 Å². The van der Waals surface area contributed by atoms with Crippen molar-refractivity contribution in [1.29, 1.82) is 0 Å². The summed E-state index contributed by atoms with van der Waals surface area (Å²) in [6.07, 6.45) is 3.65. The van der Waals surface area contributed by atoms with Crippen LogP contribution in [-0.2, 0) is 29.2 Å². The van der Waals surface area contributed by atoms with Gasteiger partial charge in [0.05, 0.1) is 24.0 Å². The van der Waals surface area contributed by atoms with Gasteiger partial charge < -0.3 is 20.1 Å². The van der Waals surface area contributed by atoms with E-state index in [0.29, 0.717) is 56.7 Å². The zero-order chi connectivity index (χ0) is 29.3. The number of rotatable bonds is 7. The first-order valence-electron chi connectivity index (χ1n) is 13.4. The number of carbonyl (C=O) groups is 2. The minimum Gasteiger partial charge on any atom is -0.434 e. The molecule has 2 aliphatic heterocycles. The normalized spacial score (nSPS) is 19.4. The molecule has 1 aromatic carbocycles. The second kappa shape index (κ2) is 11.4. The molecule has 2 N–H and O–H groups in total. The van der Waals surface area contributed by atoms with Crippen molar-refractivity contribution in [1.82, 2.24) is 34.5 Å². The summed E-state index contributed by atoms with van der Waals surface area (Å²) in [6, 6.07) is 2.40. The van der Waals surface area contributed by atoms with Gasteiger partial charge in [0.2, 0.25) is 17.7 Å². The van der Waals surface area contributed by atoms with Gasteiger partial charge in [0.25, 0.3) is 0 Å². The molecule has 0 aliphatic carbocycles. The molecule has 0 spiro atoms. The number of aryl methyl sites for hydroxylation is 1. The van der Waals surface area contributed by atoms with E-state index in [1.807, 2.05) is 23.6 Å². The molecule has 0 unspecified atom stereocenters. The van der Waals surface area contributed by atoms with Crippen molar-refractivity contribution in [3.63, 3.8) is 0 Å². The third kappa shape index (κ3) is 6.17. The Bertz CT molecular complexity index is 1430. The van der Waals surface area contributed by atoms with Gasteiger partial charge in [0, 0.05) is 44.6 Å². The first-order chi connectivity index (χ1) is 19.5. The van der Waals surface area contributed by atoms with Gasteiger partial charge in [0.1, 0.15) is 18.2 Å². The Balaban J connectivity index is 1.16. The van der Waals surface area contributed by atoms with Crippen molar-refractivity contribution >= 4 is 17.6 Å². The SMILES string of the molecule is C[C@@H](C(=O)Nc1cnc(Oc2ccc(F)cc2F)cn1)N1CCN(C(=O)[C@@H]2CCn3nc(CO)nc3C2)C(C)(C)C1. The quantitative estimate of drug-likeness (QED) is 0.438. The number of halogens is 2. The topological polar surface area (TPSA) is 139 Å². The van der Waals surface area contributed by atoms with Crippen LogP contribution in [0.4, 0.5) is 14.6 Å². The van der Waals surface area contributed by atoms with Crippen LogP contribution in [0.3, 0.4) is 0 Å². The standard InChI is InChI=1S/C27H32F2N8O4/c1-16(25(39)33-21-12-31-24(13-30-21)41-20-5-4-18(28)11-19(20)29)35-8-9-36(27(2,3)15-35)26(40)17-6-7-37-23(10-17)32-22(14-38)34-37/h4-5,11-13,16-17,38H,6-10,14-15H2,1-3H3,(H,30,33,39)/t16-,17+/m0/s1. The lowest BCUT2D eigenvalue weighted by Gasteiger charge is -2.49. The highest BCUT2D eigenvalue weighted by Gasteiger charge is 2.42. The molecule has 0 saturated carbocycles. The Labute approximate surface area is 235 Å². The number of nitrogens with zero attached hydrogens (tertiary/aromatic N) is 7. The number of carbonyl (C=O) groups excluding carboxylic acids is 2. The average Bonchev–Trinajstić information content (AvgIpc) is 3.37. The molecule has 2 aromatic heterocycles. The number of anilines is 1. The highest BCUT2D eigenvalue weighted by atomic mass is 19.1. The van der Waals surface area contributed by atoms with Crippen LogP contribution in [0.25, 0.3) is 0 Å². The molecule has 2 amide bonds. The Morgan fingerprint density at radius 1 is 1.20 bits per heavy atom. The van der Waals surface area contributed by atoms with Crippen LogP contribution < -0.4 is 10.1 Å². The molecule has 0 radical (unpaired) electrons. The van der Waals surface area contributed by atoms with Crippen molar-refractivity contribution in [2.24, 2.45) is 5.92 Å². The van der Waals surface area contributed by atoms with E-state index in [1.54, 1.807) is 11.6 Å². The third-order valence-corrected chi connectivity index (χ3v) is 7.51. The highest BCUT2D eigenvalue weighted by Crippen LogP contribution is 2.29. The summed E-state index contributed by atoms with van der Waals surface area (Å²) in [6.45, 7) is 7.60. The lowest BCUT2D eigenvalue weighted by molar-refractivity contribution is -0.147. The fraction of sp³-hybridized carbons (Fsp3) is 0.481. The lowest BCUT2D eigenvalue weighted by atomic mass is 9.91. The maximum absolute atomic E-state index is 13.8. The molecular formula is C27H32F2N8O4. The monoisotopic (exact) mass is 570 g/mol.